The van der Waals surface area contributed by atoms with Gasteiger partial charge in [-0.25, -0.2) is 0 Å². The van der Waals surface area contributed by atoms with E-state index in [0.717, 1.165) is 0 Å². The minimum absolute atomic E-state index is 0.419. The monoisotopic (exact) mass is 676 g/mol. The second-order valence-electron chi connectivity index (χ2n) is 9.43. The van der Waals surface area contributed by atoms with Gasteiger partial charge in [0, 0.05) is 61.9 Å². The summed E-state index contributed by atoms with van der Waals surface area (Å²) in [6.07, 6.45) is 0.642. The van der Waals surface area contributed by atoms with Crippen LogP contribution in [0.4, 0.5) is 0 Å². The Morgan fingerprint density at radius 2 is 0.892 bits per heavy atom. The fourth-order valence-corrected chi connectivity index (χ4v) is 23.8. The summed E-state index contributed by atoms with van der Waals surface area (Å²) < 4.78 is 59.6. The fraction of sp³-hybridized carbons (Fsp3) is 1.00. The predicted octanol–water partition coefficient (Wildman–Crippen LogP) is 5.22. The van der Waals surface area contributed by atoms with Gasteiger partial charge in [-0.2, -0.15) is 0 Å². The molecule has 0 amide bonds. The molecular weight excluding hydrogens is 638 g/mol. The molecule has 0 saturated carbocycles. The maximum Gasteiger partial charge on any atom is 0.493 e. The van der Waals surface area contributed by atoms with E-state index in [9.17, 15) is 0 Å². The average molecular weight is 679 g/mol. The molecule has 3 saturated heterocycles. The molecule has 218 valence electrons. The van der Waals surface area contributed by atoms with Crippen LogP contribution in [0.5, 0.6) is 0 Å². The van der Waals surface area contributed by atoms with Crippen LogP contribution in [0, 0.1) is 0 Å². The molecule has 0 aromatic heterocycles. The summed E-state index contributed by atoms with van der Waals surface area (Å²) in [6.45, 7) is 3.90. The van der Waals surface area contributed by atoms with E-state index < -0.39 is 59.6 Å². The Labute approximate surface area is 245 Å². The minimum Gasteiger partial charge on any atom is -0.377 e. The van der Waals surface area contributed by atoms with Crippen molar-refractivity contribution in [2.75, 3.05) is 37.7 Å². The van der Waals surface area contributed by atoms with Gasteiger partial charge in [0.1, 0.15) is 12.2 Å². The second-order valence-corrected chi connectivity index (χ2v) is 22.6. The smallest absolute Gasteiger partial charge is 0.377 e. The molecule has 17 heteroatoms. The highest BCUT2D eigenvalue weighted by atomic mass is 35.5. The summed E-state index contributed by atoms with van der Waals surface area (Å²) in [7, 11) is -10.3. The third kappa shape index (κ3) is 7.94. The van der Waals surface area contributed by atoms with E-state index in [1.165, 1.54) is 0 Å². The van der Waals surface area contributed by atoms with E-state index in [1.54, 1.807) is 14.2 Å². The van der Waals surface area contributed by atoms with E-state index >= 15 is 0 Å². The lowest BCUT2D eigenvalue weighted by Crippen LogP contribution is -2.65. The van der Waals surface area contributed by atoms with Crippen molar-refractivity contribution in [3.63, 3.8) is 0 Å². The molecule has 4 bridgehead atoms. The standard InChI is InChI=1S/C20H40Cl4O9Si4/c1-17-19-20-18(2)28-35(26-4,14-6-10-22)32-37(30-20,16-8-12-24)33-36(29-19,15-7-11-23)31-34(25-3,27-17)13-5-9-21/h17-20H,5-16H2,1-4H3/t17-,18+,19-,20+,34+,35-,36-,37+. The number of halogens is 4. The number of fused-ring (bicyclic) bond motifs is 5. The summed E-state index contributed by atoms with van der Waals surface area (Å²) in [4.78, 5) is 0. The molecule has 0 unspecified atom stereocenters. The molecule has 0 N–H and O–H groups in total. The third-order valence-corrected chi connectivity index (χ3v) is 23.0. The van der Waals surface area contributed by atoms with E-state index in [-0.39, 0.29) is 0 Å². The lowest BCUT2D eigenvalue weighted by Gasteiger charge is -2.41. The van der Waals surface area contributed by atoms with Gasteiger partial charge in [-0.1, -0.05) is 0 Å². The van der Waals surface area contributed by atoms with Gasteiger partial charge in [0.05, 0.1) is 12.2 Å². The lowest BCUT2D eigenvalue weighted by atomic mass is 10.1. The van der Waals surface area contributed by atoms with Crippen molar-refractivity contribution in [1.29, 1.82) is 0 Å². The van der Waals surface area contributed by atoms with Crippen molar-refractivity contribution in [3.05, 3.63) is 0 Å². The highest BCUT2D eigenvalue weighted by Crippen LogP contribution is 2.45. The molecule has 37 heavy (non-hydrogen) atoms. The Bertz CT molecular complexity index is 671. The predicted molar refractivity (Wildman–Crippen MR) is 152 cm³/mol. The summed E-state index contributed by atoms with van der Waals surface area (Å²) >= 11 is 24.5. The summed E-state index contributed by atoms with van der Waals surface area (Å²) in [5, 5.41) is 0. The molecule has 0 radical (unpaired) electrons. The molecule has 0 aromatic carbocycles. The van der Waals surface area contributed by atoms with E-state index in [0.29, 0.717) is 73.4 Å². The molecule has 3 fully saturated rings. The van der Waals surface area contributed by atoms with Crippen LogP contribution in [0.3, 0.4) is 0 Å². The molecule has 3 heterocycles. The lowest BCUT2D eigenvalue weighted by molar-refractivity contribution is -0.0661. The van der Waals surface area contributed by atoms with Gasteiger partial charge in [0.15, 0.2) is 0 Å². The average Bonchev–Trinajstić information content (AvgIpc) is 3.17. The first kappa shape index (κ1) is 33.2. The van der Waals surface area contributed by atoms with Crippen LogP contribution in [-0.4, -0.2) is 97.4 Å². The zero-order chi connectivity index (χ0) is 27.2. The Balaban J connectivity index is 2.16. The van der Waals surface area contributed by atoms with Crippen LogP contribution < -0.4 is 0 Å². The highest BCUT2D eigenvalue weighted by Gasteiger charge is 2.70. The molecule has 3 rings (SSSR count). The Kier molecular flexibility index (Phi) is 13.2. The van der Waals surface area contributed by atoms with Gasteiger partial charge in [0.2, 0.25) is 0 Å². The molecule has 0 aromatic rings. The number of hydrogen-bond acceptors (Lipinski definition) is 9. The first-order valence-electron chi connectivity index (χ1n) is 12.8. The van der Waals surface area contributed by atoms with Gasteiger partial charge in [-0.15, -0.1) is 46.4 Å². The van der Waals surface area contributed by atoms with Crippen molar-refractivity contribution in [1.82, 2.24) is 0 Å². The number of hydrogen-bond donors (Lipinski definition) is 0. The van der Waals surface area contributed by atoms with Crippen LogP contribution in [-0.2, 0) is 38.9 Å². The van der Waals surface area contributed by atoms with Gasteiger partial charge >= 0.3 is 35.2 Å². The van der Waals surface area contributed by atoms with E-state index in [1.807, 2.05) is 13.8 Å². The zero-order valence-electron chi connectivity index (χ0n) is 22.0. The maximum absolute atomic E-state index is 7.02. The van der Waals surface area contributed by atoms with Crippen molar-refractivity contribution in [3.8, 4) is 0 Å². The topological polar surface area (TPSA) is 83.1 Å². The number of rotatable bonds is 14. The Hall–Kier alpha value is 1.67. The van der Waals surface area contributed by atoms with Crippen LogP contribution >= 0.6 is 46.4 Å². The molecule has 0 aliphatic carbocycles. The molecule has 3 aliphatic rings. The van der Waals surface area contributed by atoms with Crippen molar-refractivity contribution in [2.24, 2.45) is 0 Å². The van der Waals surface area contributed by atoms with Crippen LogP contribution in [0.25, 0.3) is 0 Å². The highest BCUT2D eigenvalue weighted by molar-refractivity contribution is 6.84. The normalized spacial score (nSPS) is 42.2. The summed E-state index contributed by atoms with van der Waals surface area (Å²) in [6, 6.07) is 2.01. The summed E-state index contributed by atoms with van der Waals surface area (Å²) in [5.74, 6) is 1.75. The van der Waals surface area contributed by atoms with Crippen molar-refractivity contribution < 1.29 is 38.9 Å². The van der Waals surface area contributed by atoms with E-state index in [2.05, 4.69) is 0 Å². The first-order chi connectivity index (χ1) is 17.7. The Morgan fingerprint density at radius 1 is 0.541 bits per heavy atom. The molecule has 3 aliphatic heterocycles. The third-order valence-electron chi connectivity index (χ3n) is 6.63. The molecule has 9 nitrogen and oxygen atoms in total. The Morgan fingerprint density at radius 3 is 1.22 bits per heavy atom. The van der Waals surface area contributed by atoms with Crippen molar-refractivity contribution in [2.45, 2.75) is 88.1 Å². The van der Waals surface area contributed by atoms with Gasteiger partial charge in [0.25, 0.3) is 0 Å². The van der Waals surface area contributed by atoms with Gasteiger partial charge in [-0.3, -0.25) is 0 Å². The van der Waals surface area contributed by atoms with Crippen LogP contribution in [0.2, 0.25) is 24.2 Å². The molecule has 8 atom stereocenters. The fourth-order valence-electron chi connectivity index (χ4n) is 4.93. The van der Waals surface area contributed by atoms with Gasteiger partial charge in [-0.05, 0) is 39.5 Å². The SMILES string of the molecule is CO[Si@@]1(CCCCl)O[C@H](C)[C@H]2O[Si@@](CCCCl)(O[Si@@]3(CCCCl)O[C@H]2[C@H](C)O[Si@@](CCCCl)(OC)O3)O1. The molecular formula is C20H40Cl4O9Si4. The zero-order valence-corrected chi connectivity index (χ0v) is 29.0. The van der Waals surface area contributed by atoms with E-state index in [4.69, 9.17) is 85.3 Å². The quantitative estimate of drug-likeness (QED) is 0.182. The largest absolute Gasteiger partial charge is 0.493 e. The maximum atomic E-state index is 7.02. The second kappa shape index (κ2) is 14.7. The van der Waals surface area contributed by atoms with Gasteiger partial charge < -0.3 is 38.9 Å². The molecule has 0 spiro atoms. The van der Waals surface area contributed by atoms with Crippen molar-refractivity contribution >= 4 is 81.6 Å². The van der Waals surface area contributed by atoms with Crippen LogP contribution in [0.15, 0.2) is 0 Å². The number of alkyl halides is 4. The minimum atomic E-state index is -3.53. The van der Waals surface area contributed by atoms with Crippen LogP contribution in [0.1, 0.15) is 39.5 Å². The summed E-state index contributed by atoms with van der Waals surface area (Å²) in [5.41, 5.74) is 0. The first-order valence-corrected chi connectivity index (χ1v) is 22.7.